The summed E-state index contributed by atoms with van der Waals surface area (Å²) in [6, 6.07) is 7.69. The largest absolute Gasteiger partial charge is 0.481 e. The molecule has 0 spiro atoms. The fourth-order valence-electron chi connectivity index (χ4n) is 9.41. The molecule has 1 aromatic heterocycles. The number of H-pyrrole nitrogens is 1. The highest BCUT2D eigenvalue weighted by Gasteiger charge is 2.35. The summed E-state index contributed by atoms with van der Waals surface area (Å²) >= 11 is 5.43. The summed E-state index contributed by atoms with van der Waals surface area (Å²) in [5.74, 6) is -14.2. The van der Waals surface area contributed by atoms with Crippen molar-refractivity contribution in [3.05, 3.63) is 83.9 Å². The van der Waals surface area contributed by atoms with E-state index < -0.39 is 140 Å². The van der Waals surface area contributed by atoms with Crippen LogP contribution in [0.5, 0.6) is 0 Å². The molecular weight excluding hydrogens is 1150 g/mol. The maximum atomic E-state index is 13.9. The minimum absolute atomic E-state index is 0.0595. The molecule has 2 heterocycles. The molecule has 0 bridgehead atoms. The van der Waals surface area contributed by atoms with Gasteiger partial charge >= 0.3 is 35.8 Å². The molecule has 3 aromatic rings. The Bertz CT molecular complexity index is 2760. The van der Waals surface area contributed by atoms with Crippen molar-refractivity contribution in [2.45, 2.75) is 82.1 Å². The van der Waals surface area contributed by atoms with Gasteiger partial charge in [0, 0.05) is 95.1 Å². The van der Waals surface area contributed by atoms with E-state index in [1.165, 1.54) is 19.4 Å². The van der Waals surface area contributed by atoms with Crippen LogP contribution in [-0.2, 0) is 72.0 Å². The van der Waals surface area contributed by atoms with Gasteiger partial charge in [-0.2, -0.15) is 0 Å². The van der Waals surface area contributed by atoms with Crippen LogP contribution >= 0.6 is 12.2 Å². The van der Waals surface area contributed by atoms with Crippen LogP contribution in [0.25, 0.3) is 0 Å². The van der Waals surface area contributed by atoms with Gasteiger partial charge in [-0.1, -0.05) is 42.5 Å². The number of aromatic amines is 1. The van der Waals surface area contributed by atoms with E-state index in [2.05, 4.69) is 36.6 Å². The van der Waals surface area contributed by atoms with Crippen LogP contribution in [0.4, 0.5) is 5.69 Å². The number of aliphatic hydroxyl groups is 2. The number of amides is 3. The lowest BCUT2D eigenvalue weighted by Gasteiger charge is -2.35. The second kappa shape index (κ2) is 35.8. The van der Waals surface area contributed by atoms with Gasteiger partial charge in [0.2, 0.25) is 17.7 Å². The van der Waals surface area contributed by atoms with Gasteiger partial charge in [-0.3, -0.25) is 67.5 Å². The Morgan fingerprint density at radius 3 is 1.55 bits per heavy atom. The van der Waals surface area contributed by atoms with E-state index in [1.54, 1.807) is 74.2 Å². The second-order valence-electron chi connectivity index (χ2n) is 20.6. The van der Waals surface area contributed by atoms with Crippen molar-refractivity contribution in [1.82, 2.24) is 50.8 Å². The number of aryl methyl sites for hydroxylation is 1. The van der Waals surface area contributed by atoms with E-state index in [0.29, 0.717) is 22.5 Å². The normalized spacial score (nSPS) is 16.4. The van der Waals surface area contributed by atoms with Gasteiger partial charge in [0.25, 0.3) is 0 Å². The van der Waals surface area contributed by atoms with Crippen molar-refractivity contribution in [2.24, 2.45) is 11.8 Å². The van der Waals surface area contributed by atoms with Crippen LogP contribution in [0.15, 0.2) is 67.1 Å². The molecule has 1 aliphatic rings. The van der Waals surface area contributed by atoms with Crippen molar-refractivity contribution in [1.29, 1.82) is 0 Å². The Labute approximate surface area is 499 Å². The van der Waals surface area contributed by atoms with Gasteiger partial charge in [0.1, 0.15) is 24.2 Å². The van der Waals surface area contributed by atoms with Crippen LogP contribution < -0.4 is 26.6 Å². The molecule has 0 radical (unpaired) electrons. The number of aromatic nitrogens is 2. The highest BCUT2D eigenvalue weighted by Crippen LogP contribution is 2.19. The Morgan fingerprint density at radius 1 is 0.558 bits per heavy atom. The fourth-order valence-corrected chi connectivity index (χ4v) is 9.67. The summed E-state index contributed by atoms with van der Waals surface area (Å²) < 4.78 is 0. The smallest absolute Gasteiger partial charge is 0.328 e. The lowest BCUT2D eigenvalue weighted by molar-refractivity contribution is -0.145. The minimum atomic E-state index is -1.68. The van der Waals surface area contributed by atoms with Gasteiger partial charge in [-0.15, -0.1) is 0 Å². The average Bonchev–Trinajstić information content (AvgIpc) is 4.08. The second-order valence-corrected chi connectivity index (χ2v) is 21.1. The molecule has 31 heteroatoms. The maximum absolute atomic E-state index is 13.9. The molecule has 7 atom stereocenters. The summed E-state index contributed by atoms with van der Waals surface area (Å²) in [7, 11) is 0. The number of Topliss-reactive ketones (excluding diaryl/α,β-unsaturated/α-hetero) is 2. The molecule has 86 heavy (non-hydrogen) atoms. The number of carboxylic acid groups (broad SMARTS) is 6. The molecule has 2 aromatic carbocycles. The molecule has 1 saturated heterocycles. The number of carboxylic acids is 6. The van der Waals surface area contributed by atoms with Crippen LogP contribution in [0.1, 0.15) is 49.4 Å². The van der Waals surface area contributed by atoms with E-state index in [1.807, 2.05) is 0 Å². The Hall–Kier alpha value is -8.33. The molecule has 1 aliphatic heterocycles. The van der Waals surface area contributed by atoms with E-state index >= 15 is 0 Å². The summed E-state index contributed by atoms with van der Waals surface area (Å²) in [4.78, 5) is 153. The van der Waals surface area contributed by atoms with E-state index in [0.717, 1.165) is 0 Å². The number of thiocarbonyl (C=S) groups is 1. The number of rotatable bonds is 34. The first-order valence-electron chi connectivity index (χ1n) is 27.4. The summed E-state index contributed by atoms with van der Waals surface area (Å²) in [6.45, 7) is -0.636. The quantitative estimate of drug-likeness (QED) is 0.0277. The predicted octanol–water partition coefficient (Wildman–Crippen LogP) is -2.42. The number of benzene rings is 2. The van der Waals surface area contributed by atoms with Gasteiger partial charge < -0.3 is 72.4 Å². The molecule has 4 rings (SSSR count). The van der Waals surface area contributed by atoms with Crippen molar-refractivity contribution in [3.63, 3.8) is 0 Å². The first-order valence-corrected chi connectivity index (χ1v) is 27.8. The van der Waals surface area contributed by atoms with Crippen molar-refractivity contribution in [2.75, 3.05) is 90.5 Å². The molecule has 1 unspecified atom stereocenters. The third-order valence-corrected chi connectivity index (χ3v) is 14.3. The standard InChI is InChI=1S/C55H75N11O19S/c1-33(44(69)23-37(22-39-26-56-32-57-39)51(80)60-41(30-67)45(70)24-36(21-35-5-3-2-4-6-35)50(79)61-42(31-68)53(82)83)58-52(81)40(25-46(71)72)62-55(86)59-38-10-7-34(8-11-38)9-12-43(54(84)85)66-19-17-64(28-48(75)76)15-13-63(27-47(73)74)14-16-65(18-20-66)29-49(77)78/h2-8,10-11,26,32-33,36-37,40-43,67-68H,9,12-25,27-31H2,1H3,(H,56,57)(H,58,81)(H,60,80)(H,61,79)(H,71,72)(H,73,74)(H,75,76)(H,77,78)(H,82,83)(H,84,85)(H2,59,62,86)/t33-,36+,37+,40-,41-,42-,43?/m0/s1. The van der Waals surface area contributed by atoms with Crippen LogP contribution in [0, 0.1) is 11.8 Å². The minimum Gasteiger partial charge on any atom is -0.481 e. The number of hydrogen-bond acceptors (Lipinski definition) is 19. The summed E-state index contributed by atoms with van der Waals surface area (Å²) in [5, 5.41) is 90.5. The zero-order chi connectivity index (χ0) is 63.5. The van der Waals surface area contributed by atoms with Gasteiger partial charge in [-0.05, 0) is 61.7 Å². The number of imidazole rings is 1. The Balaban J connectivity index is 1.40. The number of nitrogens with one attached hydrogen (secondary N) is 6. The number of aliphatic carboxylic acids is 6. The maximum Gasteiger partial charge on any atom is 0.328 e. The van der Waals surface area contributed by atoms with Crippen LogP contribution in [-0.4, -0.2) is 256 Å². The fraction of sp³-hybridized carbons (Fsp3) is 0.509. The number of carbonyl (C=O) groups is 11. The van der Waals surface area contributed by atoms with Gasteiger partial charge in [-0.25, -0.2) is 9.78 Å². The number of anilines is 1. The number of hydrogen-bond donors (Lipinski definition) is 14. The first kappa shape index (κ1) is 70.2. The third-order valence-electron chi connectivity index (χ3n) is 14.1. The highest BCUT2D eigenvalue weighted by atomic mass is 32.1. The number of aliphatic hydroxyl groups excluding tert-OH is 2. The van der Waals surface area contributed by atoms with Crippen molar-refractivity contribution < 1.29 is 93.6 Å². The van der Waals surface area contributed by atoms with E-state index in [4.69, 9.17) is 12.2 Å². The molecule has 0 saturated carbocycles. The molecule has 14 N–H and O–H groups in total. The Morgan fingerprint density at radius 2 is 1.07 bits per heavy atom. The Kier molecular flexibility index (Phi) is 29.2. The molecule has 30 nitrogen and oxygen atoms in total. The van der Waals surface area contributed by atoms with Crippen LogP contribution in [0.3, 0.4) is 0 Å². The first-order chi connectivity index (χ1) is 40.8. The van der Waals surface area contributed by atoms with Crippen molar-refractivity contribution in [3.8, 4) is 0 Å². The molecule has 3 amide bonds. The topological polar surface area (TPSA) is 451 Å². The predicted molar refractivity (Wildman–Crippen MR) is 307 cm³/mol. The van der Waals surface area contributed by atoms with E-state index in [-0.39, 0.29) is 103 Å². The van der Waals surface area contributed by atoms with Crippen LogP contribution in [0.2, 0.25) is 0 Å². The molecule has 0 aliphatic carbocycles. The van der Waals surface area contributed by atoms with Gasteiger partial charge in [0.05, 0.1) is 57.6 Å². The number of nitrogens with zero attached hydrogens (tertiary/aromatic N) is 5. The zero-order valence-corrected chi connectivity index (χ0v) is 48.1. The average molecular weight is 1230 g/mol. The zero-order valence-electron chi connectivity index (χ0n) is 47.2. The number of carbonyl (C=O) groups excluding carboxylic acids is 5. The molecule has 1 fully saturated rings. The van der Waals surface area contributed by atoms with Gasteiger partial charge in [0.15, 0.2) is 16.7 Å². The third kappa shape index (κ3) is 25.1. The summed E-state index contributed by atoms with van der Waals surface area (Å²) in [6.07, 6.45) is 0.841. The highest BCUT2D eigenvalue weighted by molar-refractivity contribution is 7.80. The lowest BCUT2D eigenvalue weighted by Crippen LogP contribution is -2.53. The van der Waals surface area contributed by atoms with Crippen molar-refractivity contribution >= 4 is 88.1 Å². The summed E-state index contributed by atoms with van der Waals surface area (Å²) in [5.41, 5.74) is 2.04. The monoisotopic (exact) mass is 1230 g/mol. The lowest BCUT2D eigenvalue weighted by atomic mass is 9.90. The van der Waals surface area contributed by atoms with E-state index in [9.17, 15) is 93.6 Å². The molecule has 470 valence electrons. The SMILES string of the molecule is C[C@H](NC(=O)[C@H](CC(=O)O)NC(=S)Nc1ccc(CCC(C(=O)O)N2CCN(CC(=O)O)CCN(CC(=O)O)CCN(CC(=O)O)CC2)cc1)C(=O)C[C@@H](Cc1cnc[nH]1)C(=O)N[C@@H](CO)C(=O)C[C@@H](Cc1ccccc1)C(=O)N[C@@H](CO)C(=O)O. The molecular formula is C55H75N11O19S. The number of ketones is 2.